The zero-order valence-electron chi connectivity index (χ0n) is 7.46. The quantitative estimate of drug-likeness (QED) is 0.477. The highest BCUT2D eigenvalue weighted by Crippen LogP contribution is 2.27. The maximum atomic E-state index is 3.65. The average Bonchev–Trinajstić information content (AvgIpc) is 2.08. The van der Waals surface area contributed by atoms with Crippen molar-refractivity contribution in [2.45, 2.75) is 13.8 Å². The van der Waals surface area contributed by atoms with Gasteiger partial charge in [-0.1, -0.05) is 60.7 Å². The molecule has 0 bridgehead atoms. The third-order valence-electron chi connectivity index (χ3n) is 0.663. The van der Waals surface area contributed by atoms with Crippen LogP contribution < -0.4 is 0 Å². The van der Waals surface area contributed by atoms with E-state index in [1.54, 1.807) is 27.7 Å². The summed E-state index contributed by atoms with van der Waals surface area (Å²) in [6.45, 7) is 11.2. The Labute approximate surface area is 78.2 Å². The SMILES string of the molecule is C=C/C=C(\C=C)SSC.CC. The van der Waals surface area contributed by atoms with Gasteiger partial charge in [-0.05, 0) is 12.3 Å². The Kier molecular flexibility index (Phi) is 15.4. The van der Waals surface area contributed by atoms with Crippen molar-refractivity contribution >= 4 is 21.6 Å². The molecule has 0 saturated heterocycles. The summed E-state index contributed by atoms with van der Waals surface area (Å²) in [6, 6.07) is 0. The Morgan fingerprint density at radius 2 is 1.82 bits per heavy atom. The summed E-state index contributed by atoms with van der Waals surface area (Å²) >= 11 is 0. The molecule has 0 aromatic rings. The first-order valence-corrected chi connectivity index (χ1v) is 6.06. The molecule has 0 amide bonds. The molecule has 0 saturated carbocycles. The fourth-order valence-electron chi connectivity index (χ4n) is 0.342. The second-order valence-corrected chi connectivity index (χ2v) is 3.73. The summed E-state index contributed by atoms with van der Waals surface area (Å²) < 4.78 is 0. The Morgan fingerprint density at radius 1 is 1.27 bits per heavy atom. The number of hydrogen-bond donors (Lipinski definition) is 0. The van der Waals surface area contributed by atoms with Crippen molar-refractivity contribution in [2.24, 2.45) is 0 Å². The highest BCUT2D eigenvalue weighted by atomic mass is 33.1. The van der Waals surface area contributed by atoms with Crippen LogP contribution in [0, 0.1) is 0 Å². The largest absolute Gasteiger partial charge is 0.0990 e. The van der Waals surface area contributed by atoms with E-state index in [9.17, 15) is 0 Å². The molecule has 64 valence electrons. The van der Waals surface area contributed by atoms with E-state index < -0.39 is 0 Å². The van der Waals surface area contributed by atoms with Gasteiger partial charge in [-0.15, -0.1) is 0 Å². The highest BCUT2D eigenvalue weighted by Gasteiger charge is 1.85. The molecule has 2 heteroatoms. The zero-order chi connectivity index (χ0) is 9.11. The third-order valence-corrected chi connectivity index (χ3v) is 2.40. The molecule has 0 heterocycles. The molecule has 11 heavy (non-hydrogen) atoms. The van der Waals surface area contributed by atoms with Crippen molar-refractivity contribution in [1.82, 2.24) is 0 Å². The van der Waals surface area contributed by atoms with Crippen LogP contribution in [0.15, 0.2) is 36.3 Å². The lowest BCUT2D eigenvalue weighted by Gasteiger charge is -1.92. The third kappa shape index (κ3) is 9.92. The van der Waals surface area contributed by atoms with Gasteiger partial charge in [-0.25, -0.2) is 0 Å². The number of hydrogen-bond acceptors (Lipinski definition) is 2. The molecule has 0 nitrogen and oxygen atoms in total. The Balaban J connectivity index is 0. The van der Waals surface area contributed by atoms with Crippen LogP contribution in [0.25, 0.3) is 0 Å². The predicted molar refractivity (Wildman–Crippen MR) is 60.9 cm³/mol. The van der Waals surface area contributed by atoms with Gasteiger partial charge in [-0.2, -0.15) is 0 Å². The van der Waals surface area contributed by atoms with Gasteiger partial charge in [0.15, 0.2) is 0 Å². The monoisotopic (exact) mass is 188 g/mol. The van der Waals surface area contributed by atoms with E-state index in [1.165, 1.54) is 0 Å². The fourth-order valence-corrected chi connectivity index (χ4v) is 1.70. The molecule has 0 radical (unpaired) electrons. The van der Waals surface area contributed by atoms with Gasteiger partial charge in [0.2, 0.25) is 0 Å². The van der Waals surface area contributed by atoms with E-state index in [2.05, 4.69) is 13.2 Å². The van der Waals surface area contributed by atoms with E-state index >= 15 is 0 Å². The molecule has 0 rings (SSSR count). The van der Waals surface area contributed by atoms with Crippen LogP contribution in [0.5, 0.6) is 0 Å². The molecular formula is C9H16S2. The summed E-state index contributed by atoms with van der Waals surface area (Å²) in [7, 11) is 3.39. The molecule has 0 aromatic heterocycles. The van der Waals surface area contributed by atoms with Crippen LogP contribution in [0.2, 0.25) is 0 Å². The van der Waals surface area contributed by atoms with E-state index in [1.807, 2.05) is 32.3 Å². The van der Waals surface area contributed by atoms with Gasteiger partial charge < -0.3 is 0 Å². The zero-order valence-corrected chi connectivity index (χ0v) is 9.10. The average molecular weight is 188 g/mol. The van der Waals surface area contributed by atoms with Gasteiger partial charge in [0, 0.05) is 4.91 Å². The molecule has 0 atom stereocenters. The lowest BCUT2D eigenvalue weighted by Crippen LogP contribution is -1.60. The van der Waals surface area contributed by atoms with Crippen LogP contribution in [-0.4, -0.2) is 6.26 Å². The molecule has 0 spiro atoms. The summed E-state index contributed by atoms with van der Waals surface area (Å²) in [6.07, 6.45) is 7.56. The summed E-state index contributed by atoms with van der Waals surface area (Å²) in [5.41, 5.74) is 0. The molecule has 0 aromatic carbocycles. The fraction of sp³-hybridized carbons (Fsp3) is 0.333. The van der Waals surface area contributed by atoms with Crippen molar-refractivity contribution < 1.29 is 0 Å². The second kappa shape index (κ2) is 12.6. The van der Waals surface area contributed by atoms with E-state index in [0.29, 0.717) is 0 Å². The first-order chi connectivity index (χ1) is 5.35. The first-order valence-electron chi connectivity index (χ1n) is 3.51. The van der Waals surface area contributed by atoms with Gasteiger partial charge in [0.1, 0.15) is 0 Å². The normalized spacial score (nSPS) is 9.55. The Hall–Kier alpha value is -0.0800. The van der Waals surface area contributed by atoms with Crippen molar-refractivity contribution in [3.05, 3.63) is 36.3 Å². The van der Waals surface area contributed by atoms with Crippen molar-refractivity contribution in [2.75, 3.05) is 6.26 Å². The van der Waals surface area contributed by atoms with E-state index in [-0.39, 0.29) is 0 Å². The van der Waals surface area contributed by atoms with Crippen LogP contribution in [0.3, 0.4) is 0 Å². The van der Waals surface area contributed by atoms with Gasteiger partial charge >= 0.3 is 0 Å². The van der Waals surface area contributed by atoms with Crippen molar-refractivity contribution in [3.8, 4) is 0 Å². The number of rotatable bonds is 4. The summed E-state index contributed by atoms with van der Waals surface area (Å²) in [4.78, 5) is 1.15. The highest BCUT2D eigenvalue weighted by molar-refractivity contribution is 8.78. The minimum Gasteiger partial charge on any atom is -0.0990 e. The molecule has 0 aliphatic rings. The van der Waals surface area contributed by atoms with Crippen LogP contribution >= 0.6 is 21.6 Å². The minimum absolute atomic E-state index is 1.15. The first kappa shape index (κ1) is 13.5. The van der Waals surface area contributed by atoms with Gasteiger partial charge in [0.25, 0.3) is 0 Å². The molecule has 0 aliphatic carbocycles. The lowest BCUT2D eigenvalue weighted by atomic mass is 10.5. The number of allylic oxidation sites excluding steroid dienone is 3. The molecular weight excluding hydrogens is 172 g/mol. The maximum Gasteiger partial charge on any atom is 0.0176 e. The lowest BCUT2D eigenvalue weighted by molar-refractivity contribution is 1.50. The molecule has 0 unspecified atom stereocenters. The summed E-state index contributed by atoms with van der Waals surface area (Å²) in [5.74, 6) is 0. The summed E-state index contributed by atoms with van der Waals surface area (Å²) in [5, 5.41) is 0. The molecule has 0 N–H and O–H groups in total. The van der Waals surface area contributed by atoms with Crippen LogP contribution in [0.1, 0.15) is 13.8 Å². The molecule has 0 fully saturated rings. The van der Waals surface area contributed by atoms with Crippen molar-refractivity contribution in [1.29, 1.82) is 0 Å². The van der Waals surface area contributed by atoms with Gasteiger partial charge in [0.05, 0.1) is 0 Å². The smallest absolute Gasteiger partial charge is 0.0176 e. The minimum atomic E-state index is 1.15. The maximum absolute atomic E-state index is 3.65. The Bertz CT molecular complexity index is 126. The Morgan fingerprint density at radius 3 is 2.09 bits per heavy atom. The van der Waals surface area contributed by atoms with Crippen LogP contribution in [0.4, 0.5) is 0 Å². The van der Waals surface area contributed by atoms with E-state index in [0.717, 1.165) is 4.91 Å². The molecule has 0 aliphatic heterocycles. The van der Waals surface area contributed by atoms with E-state index in [4.69, 9.17) is 0 Å². The van der Waals surface area contributed by atoms with Crippen molar-refractivity contribution in [3.63, 3.8) is 0 Å². The van der Waals surface area contributed by atoms with Crippen LogP contribution in [-0.2, 0) is 0 Å². The standard InChI is InChI=1S/C7H10S2.C2H6/c1-4-6-7(5-2)9-8-3;1-2/h4-6H,1-2H2,3H3;1-2H3/b7-6+;. The van der Waals surface area contributed by atoms with Gasteiger partial charge in [-0.3, -0.25) is 0 Å². The topological polar surface area (TPSA) is 0 Å². The second-order valence-electron chi connectivity index (χ2n) is 1.26. The predicted octanol–water partition coefficient (Wildman–Crippen LogP) is 4.28.